The zero-order valence-corrected chi connectivity index (χ0v) is 10.2. The summed E-state index contributed by atoms with van der Waals surface area (Å²) in [6, 6.07) is 7.49. The summed E-state index contributed by atoms with van der Waals surface area (Å²) in [5.74, 6) is -0.0623. The fourth-order valence-electron chi connectivity index (χ4n) is 1.94. The Morgan fingerprint density at radius 1 is 1.28 bits per heavy atom. The normalized spacial score (nSPS) is 13.5. The summed E-state index contributed by atoms with van der Waals surface area (Å²) in [5, 5.41) is 6.43. The number of rotatable bonds is 1. The molecule has 0 atom stereocenters. The Bertz CT molecular complexity index is 613. The number of benzene rings is 1. The van der Waals surface area contributed by atoms with Gasteiger partial charge in [-0.2, -0.15) is 0 Å². The van der Waals surface area contributed by atoms with Gasteiger partial charge in [-0.1, -0.05) is 17.7 Å². The van der Waals surface area contributed by atoms with E-state index in [1.54, 1.807) is 18.5 Å². The first-order valence-corrected chi connectivity index (χ1v) is 5.89. The molecule has 1 aliphatic heterocycles. The number of halogens is 1. The van der Waals surface area contributed by atoms with Crippen LogP contribution in [0.3, 0.4) is 0 Å². The number of hydrogen-bond donors (Lipinski definition) is 2. The quantitative estimate of drug-likeness (QED) is 0.828. The Kier molecular flexibility index (Phi) is 2.64. The molecule has 18 heavy (non-hydrogen) atoms. The van der Waals surface area contributed by atoms with E-state index in [1.165, 1.54) is 0 Å². The van der Waals surface area contributed by atoms with Crippen LogP contribution in [0.15, 0.2) is 36.7 Å². The zero-order valence-electron chi connectivity index (χ0n) is 9.40. The van der Waals surface area contributed by atoms with Gasteiger partial charge in [-0.25, -0.2) is 0 Å². The zero-order chi connectivity index (χ0) is 12.5. The van der Waals surface area contributed by atoms with E-state index in [0.29, 0.717) is 10.7 Å². The van der Waals surface area contributed by atoms with Gasteiger partial charge in [0, 0.05) is 23.5 Å². The SMILES string of the molecule is O=C1CNc2cc(-c3cccnc3)c(Cl)cc2N1. The molecule has 5 heteroatoms. The van der Waals surface area contributed by atoms with E-state index < -0.39 is 0 Å². The number of fused-ring (bicyclic) bond motifs is 1. The summed E-state index contributed by atoms with van der Waals surface area (Å²) in [7, 11) is 0. The highest BCUT2D eigenvalue weighted by Gasteiger charge is 2.16. The predicted octanol–water partition coefficient (Wildman–Crippen LogP) is 2.77. The van der Waals surface area contributed by atoms with Gasteiger partial charge in [-0.15, -0.1) is 0 Å². The van der Waals surface area contributed by atoms with E-state index in [4.69, 9.17) is 11.6 Å². The summed E-state index contributed by atoms with van der Waals surface area (Å²) < 4.78 is 0. The molecule has 2 aromatic rings. The van der Waals surface area contributed by atoms with Crippen molar-refractivity contribution in [3.05, 3.63) is 41.7 Å². The van der Waals surface area contributed by atoms with Crippen LogP contribution in [0.25, 0.3) is 11.1 Å². The van der Waals surface area contributed by atoms with Gasteiger partial charge in [0.15, 0.2) is 0 Å². The summed E-state index contributed by atoms with van der Waals surface area (Å²) in [5.41, 5.74) is 3.43. The van der Waals surface area contributed by atoms with Crippen LogP contribution in [-0.2, 0) is 4.79 Å². The molecule has 4 nitrogen and oxygen atoms in total. The molecule has 3 rings (SSSR count). The third-order valence-corrected chi connectivity index (χ3v) is 3.11. The molecule has 1 aromatic heterocycles. The molecule has 0 fully saturated rings. The van der Waals surface area contributed by atoms with Crippen LogP contribution >= 0.6 is 11.6 Å². The molecule has 0 bridgehead atoms. The van der Waals surface area contributed by atoms with Gasteiger partial charge in [0.2, 0.25) is 5.91 Å². The molecule has 90 valence electrons. The number of amides is 1. The molecule has 1 aromatic carbocycles. The number of carbonyl (C=O) groups is 1. The van der Waals surface area contributed by atoms with E-state index in [1.807, 2.05) is 18.2 Å². The molecule has 2 heterocycles. The van der Waals surface area contributed by atoms with Crippen molar-refractivity contribution in [3.63, 3.8) is 0 Å². The minimum atomic E-state index is -0.0623. The highest BCUT2D eigenvalue weighted by molar-refractivity contribution is 6.34. The first-order valence-electron chi connectivity index (χ1n) is 5.52. The van der Waals surface area contributed by atoms with Crippen molar-refractivity contribution in [1.82, 2.24) is 4.98 Å². The average molecular weight is 260 g/mol. The van der Waals surface area contributed by atoms with Crippen molar-refractivity contribution in [3.8, 4) is 11.1 Å². The molecule has 0 unspecified atom stereocenters. The van der Waals surface area contributed by atoms with Crippen molar-refractivity contribution in [1.29, 1.82) is 0 Å². The van der Waals surface area contributed by atoms with E-state index in [0.717, 1.165) is 16.8 Å². The molecular weight excluding hydrogens is 250 g/mol. The monoisotopic (exact) mass is 259 g/mol. The maximum absolute atomic E-state index is 11.3. The second-order valence-corrected chi connectivity index (χ2v) is 4.43. The maximum atomic E-state index is 11.3. The molecular formula is C13H10ClN3O. The molecule has 0 radical (unpaired) electrons. The lowest BCUT2D eigenvalue weighted by molar-refractivity contribution is -0.114. The van der Waals surface area contributed by atoms with Gasteiger partial charge in [0.25, 0.3) is 0 Å². The molecule has 1 amide bonds. The maximum Gasteiger partial charge on any atom is 0.243 e. The Morgan fingerprint density at radius 3 is 2.94 bits per heavy atom. The van der Waals surface area contributed by atoms with Crippen LogP contribution < -0.4 is 10.6 Å². The number of pyridine rings is 1. The summed E-state index contributed by atoms with van der Waals surface area (Å²) in [6.07, 6.45) is 3.48. The second-order valence-electron chi connectivity index (χ2n) is 4.02. The molecule has 0 spiro atoms. The highest BCUT2D eigenvalue weighted by Crippen LogP contribution is 2.36. The van der Waals surface area contributed by atoms with E-state index in [2.05, 4.69) is 15.6 Å². The van der Waals surface area contributed by atoms with Crippen LogP contribution in [0, 0.1) is 0 Å². The second kappa shape index (κ2) is 4.31. The topological polar surface area (TPSA) is 54.0 Å². The smallest absolute Gasteiger partial charge is 0.243 e. The van der Waals surface area contributed by atoms with E-state index in [-0.39, 0.29) is 12.5 Å². The molecule has 2 N–H and O–H groups in total. The Balaban J connectivity index is 2.10. The van der Waals surface area contributed by atoms with Gasteiger partial charge >= 0.3 is 0 Å². The summed E-state index contributed by atoms with van der Waals surface area (Å²) in [4.78, 5) is 15.3. The van der Waals surface area contributed by atoms with Crippen molar-refractivity contribution >= 4 is 28.9 Å². The number of hydrogen-bond acceptors (Lipinski definition) is 3. The fourth-order valence-corrected chi connectivity index (χ4v) is 2.21. The van der Waals surface area contributed by atoms with Crippen LogP contribution in [0.1, 0.15) is 0 Å². The molecule has 1 aliphatic rings. The minimum absolute atomic E-state index is 0.0623. The number of carbonyl (C=O) groups excluding carboxylic acids is 1. The average Bonchev–Trinajstić information content (AvgIpc) is 2.39. The number of nitrogens with zero attached hydrogens (tertiary/aromatic N) is 1. The van der Waals surface area contributed by atoms with Crippen LogP contribution in [0.5, 0.6) is 0 Å². The van der Waals surface area contributed by atoms with E-state index in [9.17, 15) is 4.79 Å². The van der Waals surface area contributed by atoms with Gasteiger partial charge in [-0.05, 0) is 18.2 Å². The van der Waals surface area contributed by atoms with Gasteiger partial charge < -0.3 is 10.6 Å². The minimum Gasteiger partial charge on any atom is -0.374 e. The number of nitrogens with one attached hydrogen (secondary N) is 2. The fraction of sp³-hybridized carbons (Fsp3) is 0.0769. The van der Waals surface area contributed by atoms with Crippen molar-refractivity contribution in [2.45, 2.75) is 0 Å². The van der Waals surface area contributed by atoms with Crippen molar-refractivity contribution < 1.29 is 4.79 Å². The first-order chi connectivity index (χ1) is 8.74. The summed E-state index contributed by atoms with van der Waals surface area (Å²) in [6.45, 7) is 0.279. The third kappa shape index (κ3) is 1.91. The lowest BCUT2D eigenvalue weighted by atomic mass is 10.1. The van der Waals surface area contributed by atoms with Crippen LogP contribution in [0.4, 0.5) is 11.4 Å². The number of aromatic nitrogens is 1. The van der Waals surface area contributed by atoms with Crippen molar-refractivity contribution in [2.75, 3.05) is 17.2 Å². The molecule has 0 saturated carbocycles. The van der Waals surface area contributed by atoms with Crippen molar-refractivity contribution in [2.24, 2.45) is 0 Å². The predicted molar refractivity (Wildman–Crippen MR) is 71.8 cm³/mol. The molecule has 0 saturated heterocycles. The lowest BCUT2D eigenvalue weighted by Crippen LogP contribution is -2.27. The Hall–Kier alpha value is -2.07. The summed E-state index contributed by atoms with van der Waals surface area (Å²) >= 11 is 6.24. The lowest BCUT2D eigenvalue weighted by Gasteiger charge is -2.20. The Morgan fingerprint density at radius 2 is 2.17 bits per heavy atom. The van der Waals surface area contributed by atoms with Crippen LogP contribution in [-0.4, -0.2) is 17.4 Å². The van der Waals surface area contributed by atoms with Gasteiger partial charge in [0.1, 0.15) is 0 Å². The third-order valence-electron chi connectivity index (χ3n) is 2.79. The van der Waals surface area contributed by atoms with Gasteiger partial charge in [0.05, 0.1) is 22.9 Å². The van der Waals surface area contributed by atoms with E-state index >= 15 is 0 Å². The van der Waals surface area contributed by atoms with Crippen LogP contribution in [0.2, 0.25) is 5.02 Å². The largest absolute Gasteiger partial charge is 0.374 e. The first kappa shape index (κ1) is 11.0. The van der Waals surface area contributed by atoms with Gasteiger partial charge in [-0.3, -0.25) is 9.78 Å². The number of anilines is 2. The standard InChI is InChI=1S/C13H10ClN3O/c14-10-5-12-11(16-7-13(18)17-12)4-9(10)8-2-1-3-15-6-8/h1-6,16H,7H2,(H,17,18). The highest BCUT2D eigenvalue weighted by atomic mass is 35.5. The Labute approximate surface area is 109 Å². The molecule has 0 aliphatic carbocycles.